The smallest absolute Gasteiger partial charge is 0.159 e. The van der Waals surface area contributed by atoms with Gasteiger partial charge in [-0.25, -0.2) is 0 Å². The number of allylic oxidation sites excluding steroid dienone is 3. The van der Waals surface area contributed by atoms with Gasteiger partial charge < -0.3 is 0 Å². The molecule has 1 rings (SSSR count). The third-order valence-electron chi connectivity index (χ3n) is 1.72. The first-order valence-corrected chi connectivity index (χ1v) is 5.30. The Bertz CT molecular complexity index is 368. The van der Waals surface area contributed by atoms with Crippen LogP contribution >= 0.6 is 0 Å². The van der Waals surface area contributed by atoms with Crippen LogP contribution in [0.1, 0.15) is 38.1 Å². The fourth-order valence-electron chi connectivity index (χ4n) is 1.17. The topological polar surface area (TPSA) is 17.1 Å². The Balaban J connectivity index is 0.000000293. The predicted octanol–water partition coefficient (Wildman–Crippen LogP) is 4.42. The summed E-state index contributed by atoms with van der Waals surface area (Å²) in [5.74, 6) is 0.121. The monoisotopic (exact) mass is 216 g/mol. The molecule has 0 saturated heterocycles. The number of rotatable bonds is 2. The summed E-state index contributed by atoms with van der Waals surface area (Å²) >= 11 is 0. The van der Waals surface area contributed by atoms with Crippen molar-refractivity contribution in [2.24, 2.45) is 0 Å². The molecule has 0 N–H and O–H groups in total. The number of carbonyl (C=O) groups excluding carboxylic acids is 1. The maximum atomic E-state index is 10.6. The van der Waals surface area contributed by atoms with E-state index in [2.05, 4.69) is 26.5 Å². The minimum Gasteiger partial charge on any atom is -0.295 e. The van der Waals surface area contributed by atoms with Crippen molar-refractivity contribution in [3.05, 3.63) is 59.7 Å². The summed E-state index contributed by atoms with van der Waals surface area (Å²) in [7, 11) is 0. The molecule has 0 aliphatic heterocycles. The van der Waals surface area contributed by atoms with Crippen molar-refractivity contribution in [3.63, 3.8) is 0 Å². The molecule has 0 radical (unpaired) electrons. The van der Waals surface area contributed by atoms with Gasteiger partial charge >= 0.3 is 0 Å². The second kappa shape index (κ2) is 7.63. The van der Waals surface area contributed by atoms with Crippen LogP contribution in [0.4, 0.5) is 0 Å². The van der Waals surface area contributed by atoms with Gasteiger partial charge in [-0.3, -0.25) is 4.79 Å². The molecule has 0 unspecified atom stereocenters. The van der Waals surface area contributed by atoms with Crippen molar-refractivity contribution in [3.8, 4) is 0 Å². The van der Waals surface area contributed by atoms with E-state index in [9.17, 15) is 4.79 Å². The van der Waals surface area contributed by atoms with Gasteiger partial charge in [0, 0.05) is 5.56 Å². The van der Waals surface area contributed by atoms with E-state index >= 15 is 0 Å². The van der Waals surface area contributed by atoms with E-state index in [4.69, 9.17) is 0 Å². The highest BCUT2D eigenvalue weighted by Gasteiger charge is 1.92. The third kappa shape index (κ3) is 7.74. The number of hydrogen-bond donors (Lipinski definition) is 0. The minimum absolute atomic E-state index is 0.121. The Morgan fingerprint density at radius 1 is 1.06 bits per heavy atom. The summed E-state index contributed by atoms with van der Waals surface area (Å²) in [6.07, 6.45) is 2.06. The van der Waals surface area contributed by atoms with Crippen LogP contribution in [0.15, 0.2) is 54.1 Å². The minimum atomic E-state index is 0.121. The first-order chi connectivity index (χ1) is 7.43. The van der Waals surface area contributed by atoms with Crippen LogP contribution in [0.5, 0.6) is 0 Å². The number of ketones is 1. The molecule has 0 fully saturated rings. The van der Waals surface area contributed by atoms with Crippen LogP contribution in [0.3, 0.4) is 0 Å². The fourth-order valence-corrected chi connectivity index (χ4v) is 1.17. The van der Waals surface area contributed by atoms with E-state index in [-0.39, 0.29) is 5.78 Å². The zero-order chi connectivity index (χ0) is 12.6. The van der Waals surface area contributed by atoms with Crippen molar-refractivity contribution in [1.29, 1.82) is 0 Å². The van der Waals surface area contributed by atoms with E-state index in [1.54, 1.807) is 6.92 Å². The summed E-state index contributed by atoms with van der Waals surface area (Å²) < 4.78 is 0. The van der Waals surface area contributed by atoms with Gasteiger partial charge in [-0.15, -0.1) is 0 Å². The van der Waals surface area contributed by atoms with Gasteiger partial charge in [0.2, 0.25) is 0 Å². The second-order valence-corrected chi connectivity index (χ2v) is 3.99. The summed E-state index contributed by atoms with van der Waals surface area (Å²) in [5, 5.41) is 0. The van der Waals surface area contributed by atoms with Crippen LogP contribution in [-0.2, 0) is 0 Å². The molecule has 0 atom stereocenters. The molecule has 0 aliphatic rings. The van der Waals surface area contributed by atoms with E-state index in [0.717, 1.165) is 11.1 Å². The quantitative estimate of drug-likeness (QED) is 0.528. The Kier molecular flexibility index (Phi) is 6.86. The number of carbonyl (C=O) groups is 1. The summed E-state index contributed by atoms with van der Waals surface area (Å²) in [6.45, 7) is 11.4. The normalized spacial score (nSPS) is 8.50. The Morgan fingerprint density at radius 3 is 1.75 bits per heavy atom. The largest absolute Gasteiger partial charge is 0.295 e. The highest BCUT2D eigenvalue weighted by molar-refractivity contribution is 5.93. The van der Waals surface area contributed by atoms with Gasteiger partial charge in [0.05, 0.1) is 0 Å². The second-order valence-electron chi connectivity index (χ2n) is 3.99. The van der Waals surface area contributed by atoms with Crippen LogP contribution < -0.4 is 0 Å². The number of hydrogen-bond acceptors (Lipinski definition) is 1. The molecule has 0 amide bonds. The zero-order valence-electron chi connectivity index (χ0n) is 10.6. The van der Waals surface area contributed by atoms with Crippen molar-refractivity contribution in [2.45, 2.75) is 27.7 Å². The Labute approximate surface area is 98.5 Å². The molecule has 0 bridgehead atoms. The van der Waals surface area contributed by atoms with Crippen molar-refractivity contribution in [2.75, 3.05) is 0 Å². The van der Waals surface area contributed by atoms with Gasteiger partial charge in [0.15, 0.2) is 5.78 Å². The van der Waals surface area contributed by atoms with E-state index in [1.165, 1.54) is 5.57 Å². The third-order valence-corrected chi connectivity index (χ3v) is 1.72. The first-order valence-electron chi connectivity index (χ1n) is 5.30. The standard InChI is InChI=1S/C8H8O.C7H12/c1-7(9)8-5-3-2-4-6-8;1-6(2)5-7(3)4/h2-6H,1H3;5H,1H2,2-4H3. The molecule has 0 aliphatic carbocycles. The van der Waals surface area contributed by atoms with Crippen LogP contribution in [0.2, 0.25) is 0 Å². The van der Waals surface area contributed by atoms with Crippen molar-refractivity contribution < 1.29 is 4.79 Å². The highest BCUT2D eigenvalue weighted by atomic mass is 16.1. The van der Waals surface area contributed by atoms with Crippen molar-refractivity contribution >= 4 is 5.78 Å². The maximum absolute atomic E-state index is 10.6. The lowest BCUT2D eigenvalue weighted by Gasteiger charge is -1.89. The fraction of sp³-hybridized carbons (Fsp3) is 0.267. The molecule has 0 saturated carbocycles. The molecular weight excluding hydrogens is 196 g/mol. The SMILES string of the molecule is C=C(C)C=C(C)C.CC(=O)c1ccccc1. The van der Waals surface area contributed by atoms with Gasteiger partial charge in [0.1, 0.15) is 0 Å². The van der Waals surface area contributed by atoms with Gasteiger partial charge in [-0.2, -0.15) is 0 Å². The first kappa shape index (κ1) is 14.4. The molecule has 1 heteroatoms. The zero-order valence-corrected chi connectivity index (χ0v) is 10.6. The average molecular weight is 216 g/mol. The lowest BCUT2D eigenvalue weighted by molar-refractivity contribution is 0.101. The molecule has 16 heavy (non-hydrogen) atoms. The van der Waals surface area contributed by atoms with Gasteiger partial charge in [-0.1, -0.05) is 54.1 Å². The lowest BCUT2D eigenvalue weighted by atomic mass is 10.2. The van der Waals surface area contributed by atoms with E-state index < -0.39 is 0 Å². The highest BCUT2D eigenvalue weighted by Crippen LogP contribution is 1.97. The Hall–Kier alpha value is -1.63. The number of Topliss-reactive ketones (excluding diaryl/α,β-unsaturated/α-hetero) is 1. The predicted molar refractivity (Wildman–Crippen MR) is 70.7 cm³/mol. The maximum Gasteiger partial charge on any atom is 0.159 e. The van der Waals surface area contributed by atoms with Gasteiger partial charge in [0.25, 0.3) is 0 Å². The summed E-state index contributed by atoms with van der Waals surface area (Å²) in [5.41, 5.74) is 3.21. The molecule has 0 spiro atoms. The summed E-state index contributed by atoms with van der Waals surface area (Å²) in [6, 6.07) is 9.23. The molecule has 1 aromatic rings. The van der Waals surface area contributed by atoms with Crippen LogP contribution in [0.25, 0.3) is 0 Å². The van der Waals surface area contributed by atoms with Crippen LogP contribution in [-0.4, -0.2) is 5.78 Å². The molecule has 1 nitrogen and oxygen atoms in total. The Morgan fingerprint density at radius 2 is 1.56 bits per heavy atom. The molecule has 0 aromatic heterocycles. The molecule has 86 valence electrons. The van der Waals surface area contributed by atoms with E-state index in [0.29, 0.717) is 0 Å². The molecule has 1 aromatic carbocycles. The average Bonchev–Trinajstić information content (AvgIpc) is 2.17. The van der Waals surface area contributed by atoms with Gasteiger partial charge in [-0.05, 0) is 27.7 Å². The van der Waals surface area contributed by atoms with Crippen molar-refractivity contribution in [1.82, 2.24) is 0 Å². The summed E-state index contributed by atoms with van der Waals surface area (Å²) in [4.78, 5) is 10.6. The molecular formula is C15H20O. The van der Waals surface area contributed by atoms with E-state index in [1.807, 2.05) is 37.3 Å². The lowest BCUT2D eigenvalue weighted by Crippen LogP contribution is -1.88. The van der Waals surface area contributed by atoms with Crippen LogP contribution in [0, 0.1) is 0 Å². The number of benzene rings is 1. The molecule has 0 heterocycles.